The Kier molecular flexibility index (Phi) is 6.81. The molecule has 1 heterocycles. The molecule has 1 aliphatic heterocycles. The zero-order valence-electron chi connectivity index (χ0n) is 15.5. The van der Waals surface area contributed by atoms with E-state index in [2.05, 4.69) is 4.72 Å². The number of hydrogen-bond acceptors (Lipinski definition) is 4. The first kappa shape index (κ1) is 20.4. The number of likely N-dealkylation sites (tertiary alicyclic amines) is 1. The fourth-order valence-corrected chi connectivity index (χ4v) is 4.44. The smallest absolute Gasteiger partial charge is 0.241 e. The number of hydrogen-bond donors (Lipinski definition) is 1. The van der Waals surface area contributed by atoms with Gasteiger partial charge in [0.15, 0.2) is 0 Å². The van der Waals surface area contributed by atoms with Crippen molar-refractivity contribution in [2.24, 2.45) is 5.41 Å². The predicted molar refractivity (Wildman–Crippen MR) is 101 cm³/mol. The van der Waals surface area contributed by atoms with Crippen molar-refractivity contribution in [3.05, 3.63) is 35.9 Å². The highest BCUT2D eigenvalue weighted by Gasteiger charge is 2.40. The highest BCUT2D eigenvalue weighted by atomic mass is 32.2. The van der Waals surface area contributed by atoms with Crippen LogP contribution in [-0.4, -0.2) is 44.0 Å². The van der Waals surface area contributed by atoms with Crippen LogP contribution in [0.3, 0.4) is 0 Å². The van der Waals surface area contributed by atoms with E-state index in [4.69, 9.17) is 0 Å². The Bertz CT molecular complexity index is 733. The van der Waals surface area contributed by atoms with Gasteiger partial charge in [0.2, 0.25) is 21.8 Å². The van der Waals surface area contributed by atoms with Crippen LogP contribution in [0.1, 0.15) is 45.1 Å². The molecule has 1 aliphatic rings. The monoisotopic (exact) mass is 380 g/mol. The van der Waals surface area contributed by atoms with Crippen LogP contribution in [0.4, 0.5) is 0 Å². The summed E-state index contributed by atoms with van der Waals surface area (Å²) in [6.07, 6.45) is 2.75. The molecule has 6 nitrogen and oxygen atoms in total. The fourth-order valence-electron chi connectivity index (χ4n) is 3.28. The summed E-state index contributed by atoms with van der Waals surface area (Å²) >= 11 is 0. The van der Waals surface area contributed by atoms with Crippen molar-refractivity contribution in [2.45, 2.75) is 46.0 Å². The molecule has 1 aromatic carbocycles. The summed E-state index contributed by atoms with van der Waals surface area (Å²) in [6, 6.07) is 9.80. The lowest BCUT2D eigenvalue weighted by atomic mass is 9.81. The van der Waals surface area contributed by atoms with Crippen LogP contribution in [0.15, 0.2) is 30.3 Å². The quantitative estimate of drug-likeness (QED) is 0.785. The van der Waals surface area contributed by atoms with Gasteiger partial charge >= 0.3 is 0 Å². The topological polar surface area (TPSA) is 83.6 Å². The van der Waals surface area contributed by atoms with Gasteiger partial charge in [-0.05, 0) is 38.2 Å². The van der Waals surface area contributed by atoms with Crippen molar-refractivity contribution in [3.63, 3.8) is 0 Å². The number of nitrogens with one attached hydrogen (secondary N) is 1. The van der Waals surface area contributed by atoms with E-state index in [0.29, 0.717) is 38.6 Å². The number of nitrogens with zero attached hydrogens (tertiary/aromatic N) is 1. The third-order valence-electron chi connectivity index (χ3n) is 4.79. The normalized spacial score (nSPS) is 20.6. The van der Waals surface area contributed by atoms with E-state index in [0.717, 1.165) is 5.56 Å². The number of piperidine rings is 1. The Morgan fingerprint density at radius 3 is 2.58 bits per heavy atom. The molecule has 0 aromatic heterocycles. The molecular weight excluding hydrogens is 352 g/mol. The van der Waals surface area contributed by atoms with Gasteiger partial charge in [0.25, 0.3) is 0 Å². The highest BCUT2D eigenvalue weighted by molar-refractivity contribution is 7.90. The maximum atomic E-state index is 12.5. The summed E-state index contributed by atoms with van der Waals surface area (Å²) in [5.74, 6) is -0.579. The van der Waals surface area contributed by atoms with Gasteiger partial charge in [-0.3, -0.25) is 14.3 Å². The molecule has 0 saturated carbocycles. The lowest BCUT2D eigenvalue weighted by Crippen LogP contribution is -2.53. The van der Waals surface area contributed by atoms with Crippen molar-refractivity contribution in [3.8, 4) is 0 Å². The van der Waals surface area contributed by atoms with Gasteiger partial charge in [0.1, 0.15) is 0 Å². The van der Waals surface area contributed by atoms with E-state index < -0.39 is 21.3 Å². The summed E-state index contributed by atoms with van der Waals surface area (Å²) in [7, 11) is -3.61. The van der Waals surface area contributed by atoms with Crippen LogP contribution in [-0.2, 0) is 26.0 Å². The third kappa shape index (κ3) is 5.56. The molecule has 0 bridgehead atoms. The third-order valence-corrected chi connectivity index (χ3v) is 6.23. The molecule has 0 aliphatic carbocycles. The van der Waals surface area contributed by atoms with Crippen molar-refractivity contribution in [1.29, 1.82) is 0 Å². The van der Waals surface area contributed by atoms with Crippen molar-refractivity contribution in [1.82, 2.24) is 9.62 Å². The minimum absolute atomic E-state index is 0.00370. The zero-order valence-corrected chi connectivity index (χ0v) is 16.3. The number of aryl methyl sites for hydroxylation is 1. The van der Waals surface area contributed by atoms with Crippen LogP contribution in [0, 0.1) is 5.41 Å². The van der Waals surface area contributed by atoms with E-state index in [-0.39, 0.29) is 18.2 Å². The molecule has 1 atom stereocenters. The summed E-state index contributed by atoms with van der Waals surface area (Å²) in [4.78, 5) is 26.8. The Labute approximate surface area is 156 Å². The molecule has 2 rings (SSSR count). The predicted octanol–water partition coefficient (Wildman–Crippen LogP) is 2.10. The van der Waals surface area contributed by atoms with Crippen molar-refractivity contribution >= 4 is 21.8 Å². The number of rotatable bonds is 7. The van der Waals surface area contributed by atoms with E-state index in [1.54, 1.807) is 18.7 Å². The van der Waals surface area contributed by atoms with E-state index in [9.17, 15) is 18.0 Å². The maximum absolute atomic E-state index is 12.5. The average Bonchev–Trinajstić information content (AvgIpc) is 2.60. The Morgan fingerprint density at radius 1 is 1.23 bits per heavy atom. The summed E-state index contributed by atoms with van der Waals surface area (Å²) < 4.78 is 26.0. The highest BCUT2D eigenvalue weighted by Crippen LogP contribution is 2.30. The standard InChI is InChI=1S/C19H28N2O4S/c1-3-14-26(24,25)20-18(23)19(2)12-7-13-21(15-19)17(22)11-10-16-8-5-4-6-9-16/h4-6,8-9H,3,7,10-15H2,1-2H3,(H,20,23). The minimum Gasteiger partial charge on any atom is -0.342 e. The van der Waals surface area contributed by atoms with E-state index in [1.165, 1.54) is 0 Å². The van der Waals surface area contributed by atoms with E-state index in [1.807, 2.05) is 30.3 Å². The molecule has 1 fully saturated rings. The van der Waals surface area contributed by atoms with Crippen LogP contribution in [0.2, 0.25) is 0 Å². The second kappa shape index (κ2) is 8.66. The summed E-state index contributed by atoms with van der Waals surface area (Å²) in [5, 5.41) is 0. The molecule has 0 radical (unpaired) electrons. The van der Waals surface area contributed by atoms with Crippen LogP contribution in [0.25, 0.3) is 0 Å². The molecule has 1 unspecified atom stereocenters. The van der Waals surface area contributed by atoms with Gasteiger partial charge in [-0.1, -0.05) is 37.3 Å². The first-order chi connectivity index (χ1) is 12.3. The second-order valence-corrected chi connectivity index (χ2v) is 9.06. The SMILES string of the molecule is CCCS(=O)(=O)NC(=O)C1(C)CCCN(C(=O)CCc2ccccc2)C1. The van der Waals surface area contributed by atoms with Crippen LogP contribution >= 0.6 is 0 Å². The summed E-state index contributed by atoms with van der Waals surface area (Å²) in [5.41, 5.74) is 0.227. The molecular formula is C19H28N2O4S. The Balaban J connectivity index is 1.96. The number of amides is 2. The lowest BCUT2D eigenvalue weighted by molar-refractivity contribution is -0.139. The minimum atomic E-state index is -3.61. The Hall–Kier alpha value is -1.89. The Morgan fingerprint density at radius 2 is 1.92 bits per heavy atom. The van der Waals surface area contributed by atoms with Gasteiger partial charge in [-0.15, -0.1) is 0 Å². The van der Waals surface area contributed by atoms with Gasteiger partial charge in [-0.25, -0.2) is 8.42 Å². The average molecular weight is 381 g/mol. The molecule has 7 heteroatoms. The van der Waals surface area contributed by atoms with Gasteiger partial charge in [0.05, 0.1) is 11.2 Å². The van der Waals surface area contributed by atoms with Gasteiger partial charge < -0.3 is 4.90 Å². The molecule has 1 aromatic rings. The number of benzene rings is 1. The number of sulfonamides is 1. The molecule has 1 N–H and O–H groups in total. The summed E-state index contributed by atoms with van der Waals surface area (Å²) in [6.45, 7) is 4.35. The molecule has 26 heavy (non-hydrogen) atoms. The maximum Gasteiger partial charge on any atom is 0.241 e. The number of carbonyl (C=O) groups is 2. The van der Waals surface area contributed by atoms with Crippen molar-refractivity contribution in [2.75, 3.05) is 18.8 Å². The second-order valence-electron chi connectivity index (χ2n) is 7.22. The first-order valence-corrected chi connectivity index (χ1v) is 10.8. The largest absolute Gasteiger partial charge is 0.342 e. The molecule has 1 saturated heterocycles. The molecule has 0 spiro atoms. The van der Waals surface area contributed by atoms with Crippen LogP contribution < -0.4 is 4.72 Å². The lowest BCUT2D eigenvalue weighted by Gasteiger charge is -2.39. The van der Waals surface area contributed by atoms with Gasteiger partial charge in [0, 0.05) is 19.5 Å². The first-order valence-electron chi connectivity index (χ1n) is 9.12. The van der Waals surface area contributed by atoms with E-state index >= 15 is 0 Å². The van der Waals surface area contributed by atoms with Crippen molar-refractivity contribution < 1.29 is 18.0 Å². The molecule has 144 valence electrons. The zero-order chi connectivity index (χ0) is 19.2. The number of carbonyl (C=O) groups excluding carboxylic acids is 2. The molecule has 2 amide bonds. The van der Waals surface area contributed by atoms with Crippen LogP contribution in [0.5, 0.6) is 0 Å². The fraction of sp³-hybridized carbons (Fsp3) is 0.579. The van der Waals surface area contributed by atoms with Gasteiger partial charge in [-0.2, -0.15) is 0 Å².